The standard InChI is InChI=1S/C17H25N3O3/c1-5-22-15-8-7-14(9-16(15)23-6-2)19-17(21)12-20(4)11-13(3)10-18/h7-9,13H,5-6,11-12H2,1-4H3,(H,19,21)/t13-/m1/s1. The molecule has 23 heavy (non-hydrogen) atoms. The van der Waals surface area contributed by atoms with Gasteiger partial charge in [-0.05, 0) is 40.0 Å². The molecule has 1 N–H and O–H groups in total. The SMILES string of the molecule is CCOc1ccc(NC(=O)CN(C)C[C@H](C)C#N)cc1OCC. The first-order valence-electron chi connectivity index (χ1n) is 7.77. The molecule has 1 atom stereocenters. The number of hydrogen-bond donors (Lipinski definition) is 1. The highest BCUT2D eigenvalue weighted by atomic mass is 16.5. The molecule has 1 aromatic carbocycles. The molecule has 1 aromatic rings. The van der Waals surface area contributed by atoms with Gasteiger partial charge >= 0.3 is 0 Å². The first kappa shape index (κ1) is 18.8. The molecular formula is C17H25N3O3. The van der Waals surface area contributed by atoms with Gasteiger partial charge < -0.3 is 14.8 Å². The van der Waals surface area contributed by atoms with Crippen molar-refractivity contribution >= 4 is 11.6 Å². The molecule has 6 nitrogen and oxygen atoms in total. The average molecular weight is 319 g/mol. The van der Waals surface area contributed by atoms with Crippen LogP contribution in [-0.2, 0) is 4.79 Å². The fourth-order valence-electron chi connectivity index (χ4n) is 2.15. The van der Waals surface area contributed by atoms with Crippen LogP contribution in [0.4, 0.5) is 5.69 Å². The van der Waals surface area contributed by atoms with Gasteiger partial charge in [0.1, 0.15) is 0 Å². The summed E-state index contributed by atoms with van der Waals surface area (Å²) in [6.45, 7) is 7.48. The van der Waals surface area contributed by atoms with Crippen LogP contribution >= 0.6 is 0 Å². The van der Waals surface area contributed by atoms with Crippen LogP contribution in [0.3, 0.4) is 0 Å². The lowest BCUT2D eigenvalue weighted by atomic mass is 10.2. The Labute approximate surface area is 138 Å². The molecular weight excluding hydrogens is 294 g/mol. The van der Waals surface area contributed by atoms with E-state index in [2.05, 4.69) is 11.4 Å². The molecule has 0 fully saturated rings. The number of hydrogen-bond acceptors (Lipinski definition) is 5. The van der Waals surface area contributed by atoms with Crippen molar-refractivity contribution < 1.29 is 14.3 Å². The summed E-state index contributed by atoms with van der Waals surface area (Å²) < 4.78 is 11.0. The maximum Gasteiger partial charge on any atom is 0.238 e. The minimum Gasteiger partial charge on any atom is -0.490 e. The van der Waals surface area contributed by atoms with Gasteiger partial charge in [-0.3, -0.25) is 9.69 Å². The number of anilines is 1. The molecule has 0 bridgehead atoms. The molecule has 0 saturated heterocycles. The van der Waals surface area contributed by atoms with Crippen molar-refractivity contribution in [3.8, 4) is 17.6 Å². The maximum absolute atomic E-state index is 12.1. The van der Waals surface area contributed by atoms with E-state index < -0.39 is 0 Å². The summed E-state index contributed by atoms with van der Waals surface area (Å²) in [4.78, 5) is 13.9. The summed E-state index contributed by atoms with van der Waals surface area (Å²) in [5, 5.41) is 11.6. The zero-order chi connectivity index (χ0) is 17.2. The van der Waals surface area contributed by atoms with E-state index in [9.17, 15) is 4.79 Å². The second kappa shape index (κ2) is 9.70. The molecule has 0 heterocycles. The van der Waals surface area contributed by atoms with Gasteiger partial charge in [-0.15, -0.1) is 0 Å². The Morgan fingerprint density at radius 3 is 2.57 bits per heavy atom. The summed E-state index contributed by atoms with van der Waals surface area (Å²) in [7, 11) is 1.82. The zero-order valence-electron chi connectivity index (χ0n) is 14.3. The number of likely N-dealkylation sites (N-methyl/N-ethyl adjacent to an activating group) is 1. The molecule has 0 aliphatic rings. The van der Waals surface area contributed by atoms with Crippen molar-refractivity contribution in [2.45, 2.75) is 20.8 Å². The van der Waals surface area contributed by atoms with Gasteiger partial charge in [0.15, 0.2) is 11.5 Å². The molecule has 0 saturated carbocycles. The van der Waals surface area contributed by atoms with E-state index >= 15 is 0 Å². The highest BCUT2D eigenvalue weighted by molar-refractivity contribution is 5.92. The minimum atomic E-state index is -0.135. The lowest BCUT2D eigenvalue weighted by Gasteiger charge is -2.18. The number of benzene rings is 1. The van der Waals surface area contributed by atoms with Gasteiger partial charge in [0.2, 0.25) is 5.91 Å². The van der Waals surface area contributed by atoms with Crippen molar-refractivity contribution in [2.24, 2.45) is 5.92 Å². The topological polar surface area (TPSA) is 74.6 Å². The first-order chi connectivity index (χ1) is 11.0. The number of nitrogens with one attached hydrogen (secondary N) is 1. The maximum atomic E-state index is 12.1. The number of nitrogens with zero attached hydrogens (tertiary/aromatic N) is 2. The number of rotatable bonds is 9. The molecule has 126 valence electrons. The molecule has 0 spiro atoms. The van der Waals surface area contributed by atoms with Gasteiger partial charge in [0.05, 0.1) is 31.7 Å². The van der Waals surface area contributed by atoms with E-state index in [-0.39, 0.29) is 18.4 Å². The van der Waals surface area contributed by atoms with Crippen molar-refractivity contribution in [3.05, 3.63) is 18.2 Å². The Morgan fingerprint density at radius 2 is 1.96 bits per heavy atom. The third kappa shape index (κ3) is 6.57. The second-order valence-electron chi connectivity index (χ2n) is 5.30. The predicted octanol–water partition coefficient (Wildman–Crippen LogP) is 2.51. The second-order valence-corrected chi connectivity index (χ2v) is 5.30. The van der Waals surface area contributed by atoms with Crippen molar-refractivity contribution in [1.29, 1.82) is 5.26 Å². The van der Waals surface area contributed by atoms with E-state index in [1.165, 1.54) is 0 Å². The summed E-state index contributed by atoms with van der Waals surface area (Å²) in [6.07, 6.45) is 0. The largest absolute Gasteiger partial charge is 0.490 e. The molecule has 0 aliphatic carbocycles. The zero-order valence-corrected chi connectivity index (χ0v) is 14.3. The number of amides is 1. The van der Waals surface area contributed by atoms with Crippen LogP contribution < -0.4 is 14.8 Å². The summed E-state index contributed by atoms with van der Waals surface area (Å²) in [6, 6.07) is 7.47. The Hall–Kier alpha value is -2.26. The van der Waals surface area contributed by atoms with Crippen LogP contribution in [0.1, 0.15) is 20.8 Å². The van der Waals surface area contributed by atoms with Gasteiger partial charge in [-0.25, -0.2) is 0 Å². The van der Waals surface area contributed by atoms with Gasteiger partial charge in [-0.1, -0.05) is 0 Å². The van der Waals surface area contributed by atoms with E-state index in [0.717, 1.165) is 0 Å². The Morgan fingerprint density at radius 1 is 1.30 bits per heavy atom. The molecule has 6 heteroatoms. The fraction of sp³-hybridized carbons (Fsp3) is 0.529. The highest BCUT2D eigenvalue weighted by Gasteiger charge is 2.12. The smallest absolute Gasteiger partial charge is 0.238 e. The first-order valence-corrected chi connectivity index (χ1v) is 7.77. The van der Waals surface area contributed by atoms with E-state index in [4.69, 9.17) is 14.7 Å². The van der Waals surface area contributed by atoms with Crippen molar-refractivity contribution in [3.63, 3.8) is 0 Å². The van der Waals surface area contributed by atoms with Crippen LogP contribution in [0.5, 0.6) is 11.5 Å². The van der Waals surface area contributed by atoms with Crippen LogP contribution in [0.2, 0.25) is 0 Å². The number of carbonyl (C=O) groups excluding carboxylic acids is 1. The summed E-state index contributed by atoms with van der Waals surface area (Å²) >= 11 is 0. The quantitative estimate of drug-likeness (QED) is 0.757. The lowest BCUT2D eigenvalue weighted by Crippen LogP contribution is -2.32. The predicted molar refractivity (Wildman–Crippen MR) is 89.7 cm³/mol. The third-order valence-electron chi connectivity index (χ3n) is 3.05. The average Bonchev–Trinajstić information content (AvgIpc) is 2.49. The Kier molecular flexibility index (Phi) is 7.92. The number of nitriles is 1. The normalized spacial score (nSPS) is 11.7. The minimum absolute atomic E-state index is 0.108. The molecule has 1 rings (SSSR count). The Bertz CT molecular complexity index is 555. The van der Waals surface area contributed by atoms with Gasteiger partial charge in [-0.2, -0.15) is 5.26 Å². The van der Waals surface area contributed by atoms with E-state index in [1.54, 1.807) is 18.2 Å². The molecule has 1 amide bonds. The monoisotopic (exact) mass is 319 g/mol. The summed E-state index contributed by atoms with van der Waals surface area (Å²) in [5.74, 6) is 1.03. The fourth-order valence-corrected chi connectivity index (χ4v) is 2.15. The van der Waals surface area contributed by atoms with Gasteiger partial charge in [0, 0.05) is 18.3 Å². The van der Waals surface area contributed by atoms with Crippen LogP contribution in [0, 0.1) is 17.2 Å². The van der Waals surface area contributed by atoms with E-state index in [0.29, 0.717) is 36.9 Å². The Balaban J connectivity index is 2.67. The van der Waals surface area contributed by atoms with Crippen molar-refractivity contribution in [2.75, 3.05) is 38.7 Å². The number of carbonyl (C=O) groups is 1. The molecule has 0 aromatic heterocycles. The molecule has 0 radical (unpaired) electrons. The third-order valence-corrected chi connectivity index (χ3v) is 3.05. The molecule has 0 aliphatic heterocycles. The van der Waals surface area contributed by atoms with Crippen LogP contribution in [0.25, 0.3) is 0 Å². The van der Waals surface area contributed by atoms with Crippen molar-refractivity contribution in [1.82, 2.24) is 4.90 Å². The highest BCUT2D eigenvalue weighted by Crippen LogP contribution is 2.30. The van der Waals surface area contributed by atoms with E-state index in [1.807, 2.05) is 32.7 Å². The van der Waals surface area contributed by atoms with Gasteiger partial charge in [0.25, 0.3) is 0 Å². The number of ether oxygens (including phenoxy) is 2. The molecule has 0 unspecified atom stereocenters. The van der Waals surface area contributed by atoms with Crippen LogP contribution in [0.15, 0.2) is 18.2 Å². The summed E-state index contributed by atoms with van der Waals surface area (Å²) in [5.41, 5.74) is 0.656. The van der Waals surface area contributed by atoms with Crippen LogP contribution in [-0.4, -0.2) is 44.2 Å². The lowest BCUT2D eigenvalue weighted by molar-refractivity contribution is -0.117.